The molecule has 0 amide bonds. The number of para-hydroxylation sites is 1. The molecule has 5 aromatic rings. The van der Waals surface area contributed by atoms with E-state index < -0.39 is 0 Å². The van der Waals surface area contributed by atoms with Crippen molar-refractivity contribution >= 4 is 62.7 Å². The summed E-state index contributed by atoms with van der Waals surface area (Å²) in [7, 11) is 0. The number of hydrogen-bond acceptors (Lipinski definition) is 3. The first-order valence-corrected chi connectivity index (χ1v) is 20.1. The minimum Gasteiger partial charge on any atom is -0.468 e. The molecule has 0 atom stereocenters. The smallest absolute Gasteiger partial charge is 0.297 e. The highest BCUT2D eigenvalue weighted by atomic mass is 16.3. The number of allylic oxidation sites excluding steroid dienone is 3. The Bertz CT molecular complexity index is 2450. The van der Waals surface area contributed by atoms with E-state index in [2.05, 4.69) is 157 Å². The van der Waals surface area contributed by atoms with Crippen molar-refractivity contribution in [2.24, 2.45) is 0 Å². The molecule has 0 unspecified atom stereocenters. The van der Waals surface area contributed by atoms with Gasteiger partial charge in [-0.05, 0) is 148 Å². The Morgan fingerprint density at radius 1 is 0.585 bits per heavy atom. The fourth-order valence-electron chi connectivity index (χ4n) is 10.7. The summed E-state index contributed by atoms with van der Waals surface area (Å²) in [6, 6.07) is 28.4. The molecule has 3 nitrogen and oxygen atoms in total. The van der Waals surface area contributed by atoms with Crippen LogP contribution in [0.2, 0.25) is 0 Å². The lowest BCUT2D eigenvalue weighted by Gasteiger charge is -2.47. The molecule has 0 bridgehead atoms. The van der Waals surface area contributed by atoms with Gasteiger partial charge < -0.3 is 14.2 Å². The topological polar surface area (TPSA) is 19.6 Å². The van der Waals surface area contributed by atoms with Crippen LogP contribution in [0.15, 0.2) is 101 Å². The highest BCUT2D eigenvalue weighted by molar-refractivity contribution is 6.99. The molecular weight excluding hydrogens is 643 g/mol. The third kappa shape index (κ3) is 4.60. The van der Waals surface area contributed by atoms with E-state index in [4.69, 9.17) is 4.42 Å². The standard InChI is InChI=1S/C49H53BN2O/c1-30-15-10-12-17-38(30)52-40-19-14-18-39-43(40)50(45-44(52)32-16-11-13-20-42(32)53-45)37-28-35-36(49(8,9)26-25-48(35,6)7)29-41(37)51(39)31-21-22-33-34(27-31)47(4,5)24-23-46(33,2)3/h11,13-22,27-29H,10,12,23-26H2,1-9H3. The van der Waals surface area contributed by atoms with E-state index in [1.165, 1.54) is 104 Å². The van der Waals surface area contributed by atoms with E-state index >= 15 is 0 Å². The summed E-state index contributed by atoms with van der Waals surface area (Å²) in [6.07, 6.45) is 11.8. The first kappa shape index (κ1) is 33.2. The first-order valence-electron chi connectivity index (χ1n) is 20.1. The van der Waals surface area contributed by atoms with Gasteiger partial charge >= 0.3 is 0 Å². The molecular formula is C49H53BN2O. The zero-order valence-electron chi connectivity index (χ0n) is 33.2. The summed E-state index contributed by atoms with van der Waals surface area (Å²) >= 11 is 0. The van der Waals surface area contributed by atoms with Crippen LogP contribution in [0.25, 0.3) is 11.0 Å². The Hall–Kier alpha value is -4.44. The van der Waals surface area contributed by atoms with Crippen LogP contribution in [0.5, 0.6) is 0 Å². The normalized spacial score (nSPS) is 21.2. The molecule has 0 fully saturated rings. The lowest BCUT2D eigenvalue weighted by atomic mass is 9.35. The van der Waals surface area contributed by atoms with Crippen LogP contribution in [0, 0.1) is 0 Å². The maximum Gasteiger partial charge on any atom is 0.297 e. The van der Waals surface area contributed by atoms with Gasteiger partial charge in [0.25, 0.3) is 6.71 Å². The van der Waals surface area contributed by atoms with Gasteiger partial charge in [-0.2, -0.15) is 0 Å². The van der Waals surface area contributed by atoms with Crippen molar-refractivity contribution < 1.29 is 4.42 Å². The van der Waals surface area contributed by atoms with Crippen LogP contribution in [0.1, 0.15) is 123 Å². The molecule has 5 aliphatic rings. The lowest BCUT2D eigenvalue weighted by Crippen LogP contribution is -2.61. The zero-order valence-corrected chi connectivity index (χ0v) is 33.2. The quantitative estimate of drug-likeness (QED) is 0.168. The molecule has 0 spiro atoms. The minimum absolute atomic E-state index is 0.0290. The van der Waals surface area contributed by atoms with Gasteiger partial charge in [0.2, 0.25) is 0 Å². The predicted octanol–water partition coefficient (Wildman–Crippen LogP) is 11.5. The summed E-state index contributed by atoms with van der Waals surface area (Å²) in [5.74, 6) is 0. The molecule has 268 valence electrons. The molecule has 10 rings (SSSR count). The fourth-order valence-corrected chi connectivity index (χ4v) is 10.7. The third-order valence-corrected chi connectivity index (χ3v) is 14.2. The number of furan rings is 1. The van der Waals surface area contributed by atoms with E-state index in [-0.39, 0.29) is 28.4 Å². The lowest BCUT2D eigenvalue weighted by molar-refractivity contribution is 0.332. The Labute approximate surface area is 316 Å². The second-order valence-electron chi connectivity index (χ2n) is 19.4. The van der Waals surface area contributed by atoms with Gasteiger partial charge in [-0.25, -0.2) is 0 Å². The van der Waals surface area contributed by atoms with Gasteiger partial charge in [0.15, 0.2) is 0 Å². The van der Waals surface area contributed by atoms with Crippen LogP contribution in [-0.4, -0.2) is 6.71 Å². The average molecular weight is 697 g/mol. The van der Waals surface area contributed by atoms with Crippen molar-refractivity contribution in [2.45, 2.75) is 122 Å². The predicted molar refractivity (Wildman–Crippen MR) is 226 cm³/mol. The van der Waals surface area contributed by atoms with E-state index in [0.29, 0.717) is 0 Å². The molecule has 3 aliphatic carbocycles. The Morgan fingerprint density at radius 2 is 1.19 bits per heavy atom. The minimum atomic E-state index is -0.0290. The molecule has 2 aliphatic heterocycles. The highest BCUT2D eigenvalue weighted by Crippen LogP contribution is 2.52. The number of fused-ring (bicyclic) bond motifs is 8. The Morgan fingerprint density at radius 3 is 1.89 bits per heavy atom. The SMILES string of the molecule is CC1=CCCC=C1N1c2cccc3c2B(c2cc4c(cc2N3c2ccc3c(c2)C(C)(C)CCC3(C)C)C(C)(C)CCC4(C)C)c2oc3ccccc3c21. The molecule has 0 saturated heterocycles. The van der Waals surface area contributed by atoms with E-state index in [1.54, 1.807) is 0 Å². The van der Waals surface area contributed by atoms with Crippen molar-refractivity contribution in [1.29, 1.82) is 0 Å². The molecule has 53 heavy (non-hydrogen) atoms. The fraction of sp³-hybridized carbons (Fsp3) is 0.388. The van der Waals surface area contributed by atoms with Crippen molar-refractivity contribution in [1.82, 2.24) is 0 Å². The maximum absolute atomic E-state index is 7.15. The van der Waals surface area contributed by atoms with Gasteiger partial charge in [0, 0.05) is 33.8 Å². The van der Waals surface area contributed by atoms with Crippen LogP contribution in [-0.2, 0) is 21.7 Å². The maximum atomic E-state index is 7.15. The Balaban J connectivity index is 1.32. The molecule has 4 heteroatoms. The van der Waals surface area contributed by atoms with Crippen LogP contribution in [0.3, 0.4) is 0 Å². The number of benzene rings is 4. The van der Waals surface area contributed by atoms with Crippen molar-refractivity contribution in [2.75, 3.05) is 9.80 Å². The second-order valence-corrected chi connectivity index (χ2v) is 19.4. The summed E-state index contributed by atoms with van der Waals surface area (Å²) in [5, 5.41) is 1.18. The monoisotopic (exact) mass is 696 g/mol. The van der Waals surface area contributed by atoms with E-state index in [0.717, 1.165) is 24.1 Å². The van der Waals surface area contributed by atoms with Gasteiger partial charge in [-0.15, -0.1) is 0 Å². The number of rotatable bonds is 2. The first-order chi connectivity index (χ1) is 25.2. The highest BCUT2D eigenvalue weighted by Gasteiger charge is 2.49. The number of nitrogens with zero attached hydrogens (tertiary/aromatic N) is 2. The summed E-state index contributed by atoms with van der Waals surface area (Å²) < 4.78 is 7.15. The molecule has 4 aromatic carbocycles. The van der Waals surface area contributed by atoms with E-state index in [1.807, 2.05) is 0 Å². The Kier molecular flexibility index (Phi) is 6.78. The van der Waals surface area contributed by atoms with Gasteiger partial charge in [0.1, 0.15) is 5.58 Å². The van der Waals surface area contributed by atoms with Crippen molar-refractivity contribution in [3.05, 3.63) is 118 Å². The molecule has 3 heterocycles. The van der Waals surface area contributed by atoms with Crippen LogP contribution < -0.4 is 26.4 Å². The number of anilines is 5. The van der Waals surface area contributed by atoms with Crippen LogP contribution in [0.4, 0.5) is 28.4 Å². The largest absolute Gasteiger partial charge is 0.468 e. The summed E-state index contributed by atoms with van der Waals surface area (Å²) in [6.45, 7) is 21.8. The van der Waals surface area contributed by atoms with E-state index in [9.17, 15) is 0 Å². The van der Waals surface area contributed by atoms with Crippen molar-refractivity contribution in [3.8, 4) is 0 Å². The van der Waals surface area contributed by atoms with Crippen LogP contribution >= 0.6 is 0 Å². The number of hydrogen-bond donors (Lipinski definition) is 0. The molecule has 0 radical (unpaired) electrons. The zero-order chi connectivity index (χ0) is 36.8. The molecule has 1 aromatic heterocycles. The van der Waals surface area contributed by atoms with Crippen molar-refractivity contribution in [3.63, 3.8) is 0 Å². The summed E-state index contributed by atoms with van der Waals surface area (Å²) in [5.41, 5.74) is 20.0. The third-order valence-electron chi connectivity index (χ3n) is 14.2. The second kappa shape index (κ2) is 10.8. The summed E-state index contributed by atoms with van der Waals surface area (Å²) in [4.78, 5) is 5.18. The average Bonchev–Trinajstić information content (AvgIpc) is 3.51. The molecule has 0 saturated carbocycles. The van der Waals surface area contributed by atoms with Gasteiger partial charge in [0.05, 0.1) is 11.3 Å². The van der Waals surface area contributed by atoms with Gasteiger partial charge in [-0.1, -0.05) is 97.9 Å². The van der Waals surface area contributed by atoms with Gasteiger partial charge in [-0.3, -0.25) is 0 Å². The molecule has 0 N–H and O–H groups in total.